The number of hydrogen-bond donors (Lipinski definition) is 1. The van der Waals surface area contributed by atoms with E-state index in [-0.39, 0.29) is 0 Å². The maximum atomic E-state index is 8.75. The molecule has 0 unspecified atom stereocenters. The van der Waals surface area contributed by atoms with E-state index in [1.807, 2.05) is 54.7 Å². The second-order valence-corrected chi connectivity index (χ2v) is 5.06. The predicted molar refractivity (Wildman–Crippen MR) is 93.3 cm³/mol. The van der Waals surface area contributed by atoms with E-state index >= 15 is 0 Å². The molecule has 2 aromatic heterocycles. The van der Waals surface area contributed by atoms with Gasteiger partial charge >= 0.3 is 0 Å². The maximum Gasteiger partial charge on any atom is 0.146 e. The molecule has 0 spiro atoms. The molecule has 0 aliphatic rings. The summed E-state index contributed by atoms with van der Waals surface area (Å²) in [5, 5.41) is 17.6. The fourth-order valence-electron chi connectivity index (χ4n) is 2.23. The number of pyridine rings is 1. The van der Waals surface area contributed by atoms with Crippen molar-refractivity contribution in [3.63, 3.8) is 0 Å². The van der Waals surface area contributed by atoms with E-state index in [2.05, 4.69) is 26.7 Å². The van der Waals surface area contributed by atoms with Gasteiger partial charge in [0.1, 0.15) is 11.5 Å². The zero-order valence-corrected chi connectivity index (χ0v) is 13.0. The third-order valence-electron chi connectivity index (χ3n) is 3.34. The average Bonchev–Trinajstić information content (AvgIpc) is 3.05. The molecule has 0 amide bonds. The van der Waals surface area contributed by atoms with Gasteiger partial charge in [-0.2, -0.15) is 15.5 Å². The predicted octanol–water partition coefficient (Wildman–Crippen LogP) is 3.30. The Morgan fingerprint density at radius 2 is 2.00 bits per heavy atom. The lowest BCUT2D eigenvalue weighted by molar-refractivity contribution is 0.629. The molecule has 1 N–H and O–H groups in total. The summed E-state index contributed by atoms with van der Waals surface area (Å²) in [6.45, 7) is 0.553. The SMILES string of the molecule is N#CCCn1cc(/C=N\Nc2ccccn2)c(-c2ccccc2)n1. The van der Waals surface area contributed by atoms with Crippen LogP contribution in [-0.4, -0.2) is 21.0 Å². The number of nitrogens with one attached hydrogen (secondary N) is 1. The average molecular weight is 316 g/mol. The lowest BCUT2D eigenvalue weighted by atomic mass is 10.1. The molecule has 0 saturated heterocycles. The van der Waals surface area contributed by atoms with Gasteiger partial charge in [-0.25, -0.2) is 4.98 Å². The fraction of sp³-hybridized carbons (Fsp3) is 0.111. The molecule has 6 nitrogen and oxygen atoms in total. The number of hydrogen-bond acceptors (Lipinski definition) is 5. The van der Waals surface area contributed by atoms with Gasteiger partial charge in [0.25, 0.3) is 0 Å². The van der Waals surface area contributed by atoms with Crippen molar-refractivity contribution in [1.82, 2.24) is 14.8 Å². The van der Waals surface area contributed by atoms with Gasteiger partial charge < -0.3 is 0 Å². The Kier molecular flexibility index (Phi) is 4.95. The zero-order valence-electron chi connectivity index (χ0n) is 13.0. The van der Waals surface area contributed by atoms with Crippen LogP contribution < -0.4 is 5.43 Å². The Morgan fingerprint density at radius 1 is 1.17 bits per heavy atom. The first kappa shape index (κ1) is 15.4. The summed E-state index contributed by atoms with van der Waals surface area (Å²) in [5.74, 6) is 0.673. The van der Waals surface area contributed by atoms with E-state index < -0.39 is 0 Å². The second-order valence-electron chi connectivity index (χ2n) is 5.06. The molecule has 0 aliphatic carbocycles. The van der Waals surface area contributed by atoms with Crippen LogP contribution in [0.1, 0.15) is 12.0 Å². The summed E-state index contributed by atoms with van der Waals surface area (Å²) >= 11 is 0. The van der Waals surface area contributed by atoms with Crippen molar-refractivity contribution in [1.29, 1.82) is 5.26 Å². The van der Waals surface area contributed by atoms with Crippen LogP contribution in [0.25, 0.3) is 11.3 Å². The van der Waals surface area contributed by atoms with Crippen molar-refractivity contribution >= 4 is 12.0 Å². The topological polar surface area (TPSA) is 78.9 Å². The first-order chi connectivity index (χ1) is 11.9. The van der Waals surface area contributed by atoms with Gasteiger partial charge in [0.2, 0.25) is 0 Å². The lowest BCUT2D eigenvalue weighted by Gasteiger charge is -1.99. The Balaban J connectivity index is 1.85. The molecule has 0 fully saturated rings. The standard InChI is InChI=1S/C18H16N6/c19-10-6-12-24-14-16(13-21-22-17-9-4-5-11-20-17)18(23-24)15-7-2-1-3-8-15/h1-5,7-9,11,13-14H,6,12H2,(H,20,22)/b21-13-. The normalized spacial score (nSPS) is 10.6. The molecule has 0 bridgehead atoms. The van der Waals surface area contributed by atoms with Gasteiger partial charge in [0.05, 0.1) is 25.2 Å². The minimum atomic E-state index is 0.415. The van der Waals surface area contributed by atoms with Crippen LogP contribution >= 0.6 is 0 Å². The monoisotopic (exact) mass is 316 g/mol. The van der Waals surface area contributed by atoms with Crippen LogP contribution in [0.2, 0.25) is 0 Å². The summed E-state index contributed by atoms with van der Waals surface area (Å²) < 4.78 is 1.77. The third kappa shape index (κ3) is 3.84. The van der Waals surface area contributed by atoms with Gasteiger partial charge in [0.15, 0.2) is 0 Å². The van der Waals surface area contributed by atoms with E-state index in [0.29, 0.717) is 18.8 Å². The van der Waals surface area contributed by atoms with Crippen molar-refractivity contribution in [2.24, 2.45) is 5.10 Å². The Labute approximate surface area is 140 Å². The Morgan fingerprint density at radius 3 is 2.75 bits per heavy atom. The number of aryl methyl sites for hydroxylation is 1. The molecule has 2 heterocycles. The highest BCUT2D eigenvalue weighted by atomic mass is 15.3. The van der Waals surface area contributed by atoms with E-state index in [4.69, 9.17) is 5.26 Å². The zero-order chi connectivity index (χ0) is 16.6. The van der Waals surface area contributed by atoms with Gasteiger partial charge in [-0.1, -0.05) is 36.4 Å². The maximum absolute atomic E-state index is 8.75. The number of hydrazone groups is 1. The molecule has 6 heteroatoms. The summed E-state index contributed by atoms with van der Waals surface area (Å²) in [7, 11) is 0. The summed E-state index contributed by atoms with van der Waals surface area (Å²) in [6.07, 6.45) is 5.72. The number of benzene rings is 1. The largest absolute Gasteiger partial charge is 0.270 e. The highest BCUT2D eigenvalue weighted by Crippen LogP contribution is 2.20. The summed E-state index contributed by atoms with van der Waals surface area (Å²) in [5.41, 5.74) is 5.61. The van der Waals surface area contributed by atoms with Gasteiger partial charge in [-0.3, -0.25) is 10.1 Å². The molecule has 3 aromatic rings. The molecule has 0 saturated carbocycles. The number of rotatable bonds is 6. The Bertz CT molecular complexity index is 846. The number of aromatic nitrogens is 3. The van der Waals surface area contributed by atoms with E-state index in [1.54, 1.807) is 17.1 Å². The van der Waals surface area contributed by atoms with Crippen LogP contribution in [0.5, 0.6) is 0 Å². The van der Waals surface area contributed by atoms with Crippen LogP contribution in [0.3, 0.4) is 0 Å². The smallest absolute Gasteiger partial charge is 0.146 e. The van der Waals surface area contributed by atoms with Crippen molar-refractivity contribution in [2.45, 2.75) is 13.0 Å². The van der Waals surface area contributed by atoms with Crippen LogP contribution in [-0.2, 0) is 6.54 Å². The minimum Gasteiger partial charge on any atom is -0.270 e. The quantitative estimate of drug-likeness (QED) is 0.559. The van der Waals surface area contributed by atoms with Gasteiger partial charge in [0, 0.05) is 23.5 Å². The number of anilines is 1. The number of nitrogens with zero attached hydrogens (tertiary/aromatic N) is 5. The van der Waals surface area contributed by atoms with Crippen LogP contribution in [0, 0.1) is 11.3 Å². The van der Waals surface area contributed by atoms with E-state index in [9.17, 15) is 0 Å². The summed E-state index contributed by atoms with van der Waals surface area (Å²) in [6, 6.07) is 17.6. The Hall–Kier alpha value is -3.46. The summed E-state index contributed by atoms with van der Waals surface area (Å²) in [4.78, 5) is 4.15. The van der Waals surface area contributed by atoms with Gasteiger partial charge in [-0.15, -0.1) is 0 Å². The highest BCUT2D eigenvalue weighted by Gasteiger charge is 2.09. The second kappa shape index (κ2) is 7.70. The molecule has 0 atom stereocenters. The van der Waals surface area contributed by atoms with Crippen molar-refractivity contribution in [3.05, 3.63) is 66.5 Å². The fourth-order valence-corrected chi connectivity index (χ4v) is 2.23. The van der Waals surface area contributed by atoms with Crippen molar-refractivity contribution < 1.29 is 0 Å². The molecule has 0 aliphatic heterocycles. The first-order valence-corrected chi connectivity index (χ1v) is 7.57. The molecular weight excluding hydrogens is 300 g/mol. The third-order valence-corrected chi connectivity index (χ3v) is 3.34. The van der Waals surface area contributed by atoms with Gasteiger partial charge in [-0.05, 0) is 12.1 Å². The molecule has 1 aromatic carbocycles. The molecule has 118 valence electrons. The molecule has 24 heavy (non-hydrogen) atoms. The highest BCUT2D eigenvalue weighted by molar-refractivity contribution is 5.88. The van der Waals surface area contributed by atoms with E-state index in [0.717, 1.165) is 16.8 Å². The van der Waals surface area contributed by atoms with E-state index in [1.165, 1.54) is 0 Å². The molecular formula is C18H16N6. The minimum absolute atomic E-state index is 0.415. The molecule has 0 radical (unpaired) electrons. The van der Waals surface area contributed by atoms with Crippen molar-refractivity contribution in [2.75, 3.05) is 5.43 Å². The number of nitriles is 1. The van der Waals surface area contributed by atoms with Crippen LogP contribution in [0.4, 0.5) is 5.82 Å². The lowest BCUT2D eigenvalue weighted by Crippen LogP contribution is -1.97. The molecule has 3 rings (SSSR count). The first-order valence-electron chi connectivity index (χ1n) is 7.57. The van der Waals surface area contributed by atoms with Crippen molar-refractivity contribution in [3.8, 4) is 17.3 Å². The van der Waals surface area contributed by atoms with Crippen LogP contribution in [0.15, 0.2) is 66.0 Å².